The van der Waals surface area contributed by atoms with Gasteiger partial charge >= 0.3 is 0 Å². The van der Waals surface area contributed by atoms with E-state index in [0.717, 1.165) is 10.4 Å². The van der Waals surface area contributed by atoms with Crippen molar-refractivity contribution in [2.45, 2.75) is 44.5 Å². The average molecular weight is 331 g/mol. The van der Waals surface area contributed by atoms with E-state index in [0.29, 0.717) is 11.9 Å². The van der Waals surface area contributed by atoms with Crippen molar-refractivity contribution in [2.24, 2.45) is 5.92 Å². The molecule has 0 radical (unpaired) electrons. The highest BCUT2D eigenvalue weighted by Crippen LogP contribution is 2.32. The molecule has 1 aromatic carbocycles. The third-order valence-electron chi connectivity index (χ3n) is 4.10. The van der Waals surface area contributed by atoms with Crippen LogP contribution in [0.25, 0.3) is 0 Å². The van der Waals surface area contributed by atoms with Gasteiger partial charge in [0.25, 0.3) is 0 Å². The van der Waals surface area contributed by atoms with Gasteiger partial charge in [-0.3, -0.25) is 0 Å². The third kappa shape index (κ3) is 3.21. The molecule has 1 saturated carbocycles. The van der Waals surface area contributed by atoms with Crippen molar-refractivity contribution >= 4 is 33.2 Å². The smallest absolute Gasteiger partial charge is 0.0494 e. The molecule has 0 unspecified atom stereocenters. The largest absolute Gasteiger partial charge is 0.371 e. The predicted molar refractivity (Wildman–Crippen MR) is 83.5 cm³/mol. The van der Waals surface area contributed by atoms with Crippen LogP contribution in [0.3, 0.4) is 0 Å². The van der Waals surface area contributed by atoms with Crippen molar-refractivity contribution in [3.8, 4) is 0 Å². The van der Waals surface area contributed by atoms with Crippen molar-refractivity contribution in [1.29, 1.82) is 0 Å². The van der Waals surface area contributed by atoms with E-state index in [1.54, 1.807) is 0 Å². The summed E-state index contributed by atoms with van der Waals surface area (Å²) in [6.07, 6.45) is 5.30. The lowest BCUT2D eigenvalue weighted by atomic mass is 9.86. The molecular formula is C15H21BrClN. The van der Waals surface area contributed by atoms with Crippen molar-refractivity contribution in [2.75, 3.05) is 11.9 Å². The van der Waals surface area contributed by atoms with Gasteiger partial charge in [-0.2, -0.15) is 0 Å². The fourth-order valence-corrected chi connectivity index (χ4v) is 3.45. The Labute approximate surface area is 124 Å². The second-order valence-electron chi connectivity index (χ2n) is 5.43. The summed E-state index contributed by atoms with van der Waals surface area (Å²) < 4.78 is 1.10. The van der Waals surface area contributed by atoms with Crippen LogP contribution in [0.2, 0.25) is 0 Å². The number of alkyl halides is 1. The molecule has 0 saturated heterocycles. The highest BCUT2D eigenvalue weighted by molar-refractivity contribution is 9.10. The quantitative estimate of drug-likeness (QED) is 0.688. The second-order valence-corrected chi connectivity index (χ2v) is 6.61. The number of hydrogen-bond donors (Lipinski definition) is 0. The van der Waals surface area contributed by atoms with Gasteiger partial charge in [-0.25, -0.2) is 0 Å². The first kappa shape index (κ1) is 14.2. The lowest BCUT2D eigenvalue weighted by Crippen LogP contribution is -2.35. The highest BCUT2D eigenvalue weighted by atomic mass is 79.9. The molecule has 100 valence electrons. The Hall–Kier alpha value is -0.210. The summed E-state index contributed by atoms with van der Waals surface area (Å²) in [5.41, 5.74) is 2.50. The van der Waals surface area contributed by atoms with Crippen LogP contribution in [0.5, 0.6) is 0 Å². The van der Waals surface area contributed by atoms with Gasteiger partial charge in [-0.05, 0) is 55.4 Å². The van der Waals surface area contributed by atoms with Crippen LogP contribution >= 0.6 is 27.5 Å². The number of hydrogen-bond acceptors (Lipinski definition) is 1. The van der Waals surface area contributed by atoms with Crippen LogP contribution in [0.15, 0.2) is 22.7 Å². The molecule has 18 heavy (non-hydrogen) atoms. The molecule has 3 heteroatoms. The Kier molecular flexibility index (Phi) is 4.97. The van der Waals surface area contributed by atoms with Crippen molar-refractivity contribution in [3.05, 3.63) is 28.2 Å². The van der Waals surface area contributed by atoms with Gasteiger partial charge in [0, 0.05) is 29.1 Å². The van der Waals surface area contributed by atoms with Gasteiger partial charge in [-0.1, -0.05) is 22.9 Å². The Bertz CT molecular complexity index is 399. The molecule has 2 rings (SSSR count). The fourth-order valence-electron chi connectivity index (χ4n) is 2.83. The minimum atomic E-state index is 0.572. The van der Waals surface area contributed by atoms with Gasteiger partial charge in [0.2, 0.25) is 0 Å². The molecule has 0 amide bonds. The van der Waals surface area contributed by atoms with E-state index in [4.69, 9.17) is 11.6 Å². The molecule has 0 N–H and O–H groups in total. The van der Waals surface area contributed by atoms with Gasteiger partial charge in [0.05, 0.1) is 0 Å². The Morgan fingerprint density at radius 1 is 1.28 bits per heavy atom. The van der Waals surface area contributed by atoms with Gasteiger partial charge in [0.15, 0.2) is 0 Å². The Morgan fingerprint density at radius 2 is 1.94 bits per heavy atom. The van der Waals surface area contributed by atoms with E-state index < -0.39 is 0 Å². The van der Waals surface area contributed by atoms with E-state index in [-0.39, 0.29) is 0 Å². The van der Waals surface area contributed by atoms with E-state index in [9.17, 15) is 0 Å². The lowest BCUT2D eigenvalue weighted by Gasteiger charge is -2.36. The number of anilines is 1. The second kappa shape index (κ2) is 6.29. The number of benzene rings is 1. The monoisotopic (exact) mass is 329 g/mol. The number of rotatable bonds is 3. The summed E-state index contributed by atoms with van der Waals surface area (Å²) >= 11 is 9.58. The predicted octanol–water partition coefficient (Wildman–Crippen LogP) is 5.20. The molecule has 0 spiro atoms. The molecule has 1 aliphatic rings. The van der Waals surface area contributed by atoms with Crippen molar-refractivity contribution in [1.82, 2.24) is 0 Å². The standard InChI is InChI=1S/C15H21BrClN/c1-11-3-6-14(7-4-11)18(2)15-8-5-13(16)9-12(15)10-17/h5,8-9,11,14H,3-4,6-7,10H2,1-2H3. The van der Waals surface area contributed by atoms with E-state index in [2.05, 4.69) is 53.0 Å². The Morgan fingerprint density at radius 3 is 2.56 bits per heavy atom. The maximum absolute atomic E-state index is 6.06. The highest BCUT2D eigenvalue weighted by Gasteiger charge is 2.23. The first-order valence-electron chi connectivity index (χ1n) is 6.69. The molecule has 0 atom stereocenters. The summed E-state index contributed by atoms with van der Waals surface area (Å²) in [6, 6.07) is 7.08. The topological polar surface area (TPSA) is 3.24 Å². The zero-order valence-electron chi connectivity index (χ0n) is 11.1. The van der Waals surface area contributed by atoms with Gasteiger partial charge in [0.1, 0.15) is 0 Å². The van der Waals surface area contributed by atoms with Gasteiger partial charge < -0.3 is 4.90 Å². The summed E-state index contributed by atoms with van der Waals surface area (Å²) in [5.74, 6) is 1.47. The summed E-state index contributed by atoms with van der Waals surface area (Å²) in [7, 11) is 2.21. The molecule has 0 aromatic heterocycles. The number of halogens is 2. The number of nitrogens with zero attached hydrogens (tertiary/aromatic N) is 1. The Balaban J connectivity index is 2.15. The minimum absolute atomic E-state index is 0.572. The van der Waals surface area contributed by atoms with E-state index in [1.807, 2.05) is 0 Å². The van der Waals surface area contributed by atoms with Crippen LogP contribution in [-0.4, -0.2) is 13.1 Å². The molecular weight excluding hydrogens is 310 g/mol. The lowest BCUT2D eigenvalue weighted by molar-refractivity contribution is 0.340. The molecule has 0 aliphatic heterocycles. The summed E-state index contributed by atoms with van der Waals surface area (Å²) in [4.78, 5) is 2.43. The van der Waals surface area contributed by atoms with Crippen LogP contribution in [0.4, 0.5) is 5.69 Å². The normalized spacial score (nSPS) is 24.0. The maximum atomic E-state index is 6.06. The van der Waals surface area contributed by atoms with Crippen LogP contribution in [-0.2, 0) is 5.88 Å². The average Bonchev–Trinajstić information content (AvgIpc) is 2.38. The van der Waals surface area contributed by atoms with Gasteiger partial charge in [-0.15, -0.1) is 11.6 Å². The van der Waals surface area contributed by atoms with E-state index >= 15 is 0 Å². The third-order valence-corrected chi connectivity index (χ3v) is 4.88. The van der Waals surface area contributed by atoms with Crippen LogP contribution in [0.1, 0.15) is 38.2 Å². The van der Waals surface area contributed by atoms with Crippen LogP contribution in [0, 0.1) is 5.92 Å². The zero-order valence-corrected chi connectivity index (χ0v) is 13.5. The van der Waals surface area contributed by atoms with Crippen molar-refractivity contribution < 1.29 is 0 Å². The first-order valence-corrected chi connectivity index (χ1v) is 8.01. The fraction of sp³-hybridized carbons (Fsp3) is 0.600. The molecule has 1 nitrogen and oxygen atoms in total. The molecule has 0 heterocycles. The van der Waals surface area contributed by atoms with Crippen LogP contribution < -0.4 is 4.90 Å². The van der Waals surface area contributed by atoms with E-state index in [1.165, 1.54) is 36.9 Å². The SMILES string of the molecule is CC1CCC(N(C)c2ccc(Br)cc2CCl)CC1. The van der Waals surface area contributed by atoms with Crippen molar-refractivity contribution in [3.63, 3.8) is 0 Å². The molecule has 1 aliphatic carbocycles. The molecule has 1 fully saturated rings. The summed E-state index contributed by atoms with van der Waals surface area (Å²) in [5, 5.41) is 0. The molecule has 1 aromatic rings. The zero-order chi connectivity index (χ0) is 13.1. The molecule has 0 bridgehead atoms. The minimum Gasteiger partial charge on any atom is -0.371 e. The first-order chi connectivity index (χ1) is 8.61. The summed E-state index contributed by atoms with van der Waals surface area (Å²) in [6.45, 7) is 2.36. The maximum Gasteiger partial charge on any atom is 0.0494 e.